The van der Waals surface area contributed by atoms with Crippen LogP contribution in [0.15, 0.2) is 0 Å². The molecule has 1 aliphatic rings. The third-order valence-electron chi connectivity index (χ3n) is 2.41. The Morgan fingerprint density at radius 2 is 2.24 bits per heavy atom. The molecule has 0 aromatic heterocycles. The van der Waals surface area contributed by atoms with Gasteiger partial charge in [-0.05, 0) is 6.42 Å². The van der Waals surface area contributed by atoms with Crippen molar-refractivity contribution in [3.8, 4) is 0 Å². The van der Waals surface area contributed by atoms with Gasteiger partial charge in [0.25, 0.3) is 0 Å². The van der Waals surface area contributed by atoms with Crippen molar-refractivity contribution in [2.75, 3.05) is 32.5 Å². The molecule has 1 amide bonds. The third kappa shape index (κ3) is 4.31. The number of methoxy groups -OCH3 is 1. The fraction of sp³-hybridized carbons (Fsp3) is 0.778. The zero-order valence-electron chi connectivity index (χ0n) is 9.64. The SMILES string of the molecule is COC(=O)CCCS(=O)(=O)N1CCNC(=O)C1. The minimum absolute atomic E-state index is 0.0652. The van der Waals surface area contributed by atoms with Gasteiger partial charge in [-0.25, -0.2) is 8.42 Å². The lowest BCUT2D eigenvalue weighted by molar-refractivity contribution is -0.140. The molecule has 1 aliphatic heterocycles. The number of nitrogens with one attached hydrogen (secondary N) is 1. The van der Waals surface area contributed by atoms with Gasteiger partial charge in [0.05, 0.1) is 19.4 Å². The number of carbonyl (C=O) groups excluding carboxylic acids is 2. The number of rotatable bonds is 5. The summed E-state index contributed by atoms with van der Waals surface area (Å²) in [6.07, 6.45) is 0.267. The van der Waals surface area contributed by atoms with Crippen molar-refractivity contribution in [2.45, 2.75) is 12.8 Å². The molecule has 1 fully saturated rings. The highest BCUT2D eigenvalue weighted by molar-refractivity contribution is 7.89. The summed E-state index contributed by atoms with van der Waals surface area (Å²) in [4.78, 5) is 21.9. The lowest BCUT2D eigenvalue weighted by atomic mass is 10.3. The van der Waals surface area contributed by atoms with Gasteiger partial charge < -0.3 is 10.1 Å². The van der Waals surface area contributed by atoms with Crippen LogP contribution in [-0.4, -0.2) is 57.1 Å². The summed E-state index contributed by atoms with van der Waals surface area (Å²) in [6.45, 7) is 0.474. The van der Waals surface area contributed by atoms with Crippen molar-refractivity contribution < 1.29 is 22.7 Å². The normalized spacial score (nSPS) is 17.6. The van der Waals surface area contributed by atoms with E-state index in [0.717, 1.165) is 4.31 Å². The first-order valence-electron chi connectivity index (χ1n) is 5.27. The van der Waals surface area contributed by atoms with Crippen LogP contribution in [0.1, 0.15) is 12.8 Å². The summed E-state index contributed by atoms with van der Waals surface area (Å²) in [5, 5.41) is 2.55. The second-order valence-electron chi connectivity index (χ2n) is 3.68. The molecule has 0 aliphatic carbocycles. The molecule has 0 saturated carbocycles. The number of esters is 1. The predicted molar refractivity (Wildman–Crippen MR) is 59.6 cm³/mol. The average molecular weight is 264 g/mol. The summed E-state index contributed by atoms with van der Waals surface area (Å²) >= 11 is 0. The van der Waals surface area contributed by atoms with E-state index in [2.05, 4.69) is 10.1 Å². The summed E-state index contributed by atoms with van der Waals surface area (Å²) in [7, 11) is -2.20. The number of amides is 1. The standard InChI is InChI=1S/C9H16N2O5S/c1-16-9(13)3-2-6-17(14,15)11-5-4-10-8(12)7-11/h2-7H2,1H3,(H,10,12). The molecular weight excluding hydrogens is 248 g/mol. The van der Waals surface area contributed by atoms with E-state index in [1.807, 2.05) is 0 Å². The van der Waals surface area contributed by atoms with Crippen LogP contribution in [0.3, 0.4) is 0 Å². The second kappa shape index (κ2) is 5.97. The molecule has 1 rings (SSSR count). The highest BCUT2D eigenvalue weighted by Gasteiger charge is 2.27. The van der Waals surface area contributed by atoms with Gasteiger partial charge in [-0.3, -0.25) is 9.59 Å². The molecular formula is C9H16N2O5S. The van der Waals surface area contributed by atoms with Crippen LogP contribution in [0.5, 0.6) is 0 Å². The zero-order valence-corrected chi connectivity index (χ0v) is 10.5. The van der Waals surface area contributed by atoms with E-state index >= 15 is 0 Å². The lowest BCUT2D eigenvalue weighted by Gasteiger charge is -2.25. The van der Waals surface area contributed by atoms with E-state index in [0.29, 0.717) is 6.54 Å². The molecule has 1 heterocycles. The molecule has 0 atom stereocenters. The van der Waals surface area contributed by atoms with Gasteiger partial charge in [0, 0.05) is 19.5 Å². The maximum Gasteiger partial charge on any atom is 0.305 e. The Kier molecular flexibility index (Phi) is 4.88. The number of nitrogens with zero attached hydrogens (tertiary/aromatic N) is 1. The van der Waals surface area contributed by atoms with Gasteiger partial charge in [0.15, 0.2) is 0 Å². The van der Waals surface area contributed by atoms with Crippen molar-refractivity contribution in [3.63, 3.8) is 0 Å². The summed E-state index contributed by atoms with van der Waals surface area (Å²) in [6, 6.07) is 0. The first-order chi connectivity index (χ1) is 7.95. The second-order valence-corrected chi connectivity index (χ2v) is 5.77. The first-order valence-corrected chi connectivity index (χ1v) is 6.88. The van der Waals surface area contributed by atoms with Gasteiger partial charge in [-0.15, -0.1) is 0 Å². The van der Waals surface area contributed by atoms with Gasteiger partial charge in [0.2, 0.25) is 15.9 Å². The Morgan fingerprint density at radius 3 is 2.82 bits per heavy atom. The minimum atomic E-state index is -3.46. The van der Waals surface area contributed by atoms with Crippen LogP contribution in [0.25, 0.3) is 0 Å². The minimum Gasteiger partial charge on any atom is -0.469 e. The summed E-state index contributed by atoms with van der Waals surface area (Å²) in [5.41, 5.74) is 0. The van der Waals surface area contributed by atoms with Crippen LogP contribution in [0, 0.1) is 0 Å². The molecule has 1 N–H and O–H groups in total. The van der Waals surface area contributed by atoms with E-state index in [9.17, 15) is 18.0 Å². The van der Waals surface area contributed by atoms with Crippen molar-refractivity contribution in [2.24, 2.45) is 0 Å². The maximum absolute atomic E-state index is 11.8. The smallest absolute Gasteiger partial charge is 0.305 e. The molecule has 0 unspecified atom stereocenters. The molecule has 0 aromatic rings. The average Bonchev–Trinajstić information content (AvgIpc) is 2.28. The molecule has 17 heavy (non-hydrogen) atoms. The summed E-state index contributed by atoms with van der Waals surface area (Å²) in [5.74, 6) is -0.876. The molecule has 7 nitrogen and oxygen atoms in total. The Morgan fingerprint density at radius 1 is 1.53 bits per heavy atom. The highest BCUT2D eigenvalue weighted by Crippen LogP contribution is 2.07. The first kappa shape index (κ1) is 13.9. The van der Waals surface area contributed by atoms with E-state index < -0.39 is 16.0 Å². The fourth-order valence-corrected chi connectivity index (χ4v) is 2.93. The van der Waals surface area contributed by atoms with Crippen molar-refractivity contribution in [1.82, 2.24) is 9.62 Å². The van der Waals surface area contributed by atoms with Gasteiger partial charge in [-0.1, -0.05) is 0 Å². The molecule has 98 valence electrons. The number of carbonyl (C=O) groups is 2. The van der Waals surface area contributed by atoms with Crippen molar-refractivity contribution in [1.29, 1.82) is 0 Å². The number of ether oxygens (including phenoxy) is 1. The van der Waals surface area contributed by atoms with Crippen LogP contribution in [-0.2, 0) is 24.3 Å². The van der Waals surface area contributed by atoms with Crippen molar-refractivity contribution >= 4 is 21.9 Å². The Labute approximate surface area is 100 Å². The van der Waals surface area contributed by atoms with Gasteiger partial charge in [0.1, 0.15) is 0 Å². The molecule has 1 saturated heterocycles. The van der Waals surface area contributed by atoms with Crippen LogP contribution >= 0.6 is 0 Å². The number of piperazine rings is 1. The Balaban J connectivity index is 2.45. The number of hydrogen-bond acceptors (Lipinski definition) is 5. The largest absolute Gasteiger partial charge is 0.469 e. The monoisotopic (exact) mass is 264 g/mol. The van der Waals surface area contributed by atoms with Crippen LogP contribution in [0.4, 0.5) is 0 Å². The van der Waals surface area contributed by atoms with Crippen molar-refractivity contribution in [3.05, 3.63) is 0 Å². The molecule has 8 heteroatoms. The fourth-order valence-electron chi connectivity index (χ4n) is 1.48. The molecule has 0 spiro atoms. The van der Waals surface area contributed by atoms with E-state index in [4.69, 9.17) is 0 Å². The van der Waals surface area contributed by atoms with Crippen LogP contribution < -0.4 is 5.32 Å². The quantitative estimate of drug-likeness (QED) is 0.623. The van der Waals surface area contributed by atoms with E-state index in [-0.39, 0.29) is 37.6 Å². The van der Waals surface area contributed by atoms with E-state index in [1.54, 1.807) is 0 Å². The molecule has 0 aromatic carbocycles. The zero-order chi connectivity index (χ0) is 12.9. The van der Waals surface area contributed by atoms with Gasteiger partial charge >= 0.3 is 5.97 Å². The number of hydrogen-bond donors (Lipinski definition) is 1. The Bertz CT molecular complexity index is 392. The molecule has 0 radical (unpaired) electrons. The number of sulfonamides is 1. The third-order valence-corrected chi connectivity index (χ3v) is 4.31. The van der Waals surface area contributed by atoms with E-state index in [1.165, 1.54) is 7.11 Å². The summed E-state index contributed by atoms with van der Waals surface area (Å²) < 4.78 is 29.1. The Hall–Kier alpha value is -1.15. The van der Waals surface area contributed by atoms with Gasteiger partial charge in [-0.2, -0.15) is 4.31 Å². The lowest BCUT2D eigenvalue weighted by Crippen LogP contribution is -2.50. The predicted octanol–water partition coefficient (Wildman–Crippen LogP) is -1.30. The molecule has 0 bridgehead atoms. The highest BCUT2D eigenvalue weighted by atomic mass is 32.2. The topological polar surface area (TPSA) is 92.8 Å². The maximum atomic E-state index is 11.8. The van der Waals surface area contributed by atoms with Crippen LogP contribution in [0.2, 0.25) is 0 Å².